The van der Waals surface area contributed by atoms with Crippen LogP contribution < -0.4 is 0 Å². The summed E-state index contributed by atoms with van der Waals surface area (Å²) in [6.45, 7) is 0.576. The van der Waals surface area contributed by atoms with E-state index in [-0.39, 0.29) is 6.03 Å². The van der Waals surface area contributed by atoms with Crippen LogP contribution in [-0.4, -0.2) is 52.6 Å². The van der Waals surface area contributed by atoms with Crippen molar-refractivity contribution in [3.63, 3.8) is 0 Å². The van der Waals surface area contributed by atoms with Gasteiger partial charge in [-0.15, -0.1) is 0 Å². The highest BCUT2D eigenvalue weighted by atomic mass is 16.4. The van der Waals surface area contributed by atoms with Crippen molar-refractivity contribution in [2.45, 2.75) is 57.0 Å². The Bertz CT molecular complexity index is 326. The van der Waals surface area contributed by atoms with Crippen molar-refractivity contribution in [2.75, 3.05) is 13.6 Å². The van der Waals surface area contributed by atoms with Crippen molar-refractivity contribution < 1.29 is 14.7 Å². The molecule has 102 valence electrons. The molecule has 2 amide bonds. The smallest absolute Gasteiger partial charge is 0.326 e. The second-order valence-corrected chi connectivity index (χ2v) is 5.37. The zero-order valence-corrected chi connectivity index (χ0v) is 11.0. The van der Waals surface area contributed by atoms with Crippen molar-refractivity contribution in [3.8, 4) is 0 Å². The van der Waals surface area contributed by atoms with Gasteiger partial charge < -0.3 is 14.9 Å². The quantitative estimate of drug-likeness (QED) is 0.819. The Balaban J connectivity index is 1.99. The van der Waals surface area contributed by atoms with Crippen LogP contribution in [0.1, 0.15) is 44.9 Å². The third kappa shape index (κ3) is 2.60. The number of urea groups is 1. The molecule has 1 aliphatic heterocycles. The summed E-state index contributed by atoms with van der Waals surface area (Å²) in [6, 6.07) is -0.434. The maximum absolute atomic E-state index is 12.3. The summed E-state index contributed by atoms with van der Waals surface area (Å²) >= 11 is 0. The van der Waals surface area contributed by atoms with E-state index in [9.17, 15) is 9.59 Å². The fraction of sp³-hybridized carbons (Fsp3) is 0.846. The molecule has 0 bridgehead atoms. The van der Waals surface area contributed by atoms with Crippen molar-refractivity contribution in [2.24, 2.45) is 0 Å². The number of amides is 2. The van der Waals surface area contributed by atoms with Gasteiger partial charge in [-0.2, -0.15) is 0 Å². The van der Waals surface area contributed by atoms with Gasteiger partial charge in [0.2, 0.25) is 0 Å². The van der Waals surface area contributed by atoms with Crippen LogP contribution in [0.4, 0.5) is 4.79 Å². The van der Waals surface area contributed by atoms with Gasteiger partial charge in [0.25, 0.3) is 0 Å². The van der Waals surface area contributed by atoms with Crippen molar-refractivity contribution in [1.29, 1.82) is 0 Å². The van der Waals surface area contributed by atoms with Crippen LogP contribution in [-0.2, 0) is 4.79 Å². The van der Waals surface area contributed by atoms with E-state index >= 15 is 0 Å². The van der Waals surface area contributed by atoms with Crippen LogP contribution in [0, 0.1) is 0 Å². The number of carboxylic acids is 1. The first-order valence-corrected chi connectivity index (χ1v) is 6.87. The van der Waals surface area contributed by atoms with Crippen LogP contribution in [0.5, 0.6) is 0 Å². The molecule has 1 saturated carbocycles. The molecule has 1 aliphatic carbocycles. The van der Waals surface area contributed by atoms with Gasteiger partial charge in [-0.25, -0.2) is 9.59 Å². The normalized spacial score (nSPS) is 25.2. The van der Waals surface area contributed by atoms with Crippen LogP contribution in [0.15, 0.2) is 0 Å². The summed E-state index contributed by atoms with van der Waals surface area (Å²) in [6.07, 6.45) is 7.07. The first-order valence-electron chi connectivity index (χ1n) is 6.87. The molecule has 1 saturated heterocycles. The molecule has 2 aliphatic rings. The fourth-order valence-electron chi connectivity index (χ4n) is 3.08. The van der Waals surface area contributed by atoms with Gasteiger partial charge in [0.1, 0.15) is 6.04 Å². The Labute approximate surface area is 108 Å². The first-order chi connectivity index (χ1) is 8.61. The Kier molecular flexibility index (Phi) is 4.09. The van der Waals surface area contributed by atoms with Gasteiger partial charge in [-0.05, 0) is 25.7 Å². The summed E-state index contributed by atoms with van der Waals surface area (Å²) < 4.78 is 0. The van der Waals surface area contributed by atoms with Gasteiger partial charge >= 0.3 is 12.0 Å². The fourth-order valence-corrected chi connectivity index (χ4v) is 3.08. The van der Waals surface area contributed by atoms with E-state index in [1.165, 1.54) is 24.2 Å². The molecule has 2 fully saturated rings. The molecule has 1 atom stereocenters. The van der Waals surface area contributed by atoms with Crippen molar-refractivity contribution in [3.05, 3.63) is 0 Å². The minimum Gasteiger partial charge on any atom is -0.480 e. The van der Waals surface area contributed by atoms with Crippen molar-refractivity contribution in [1.82, 2.24) is 9.80 Å². The lowest BCUT2D eigenvalue weighted by Crippen LogP contribution is -2.50. The summed E-state index contributed by atoms with van der Waals surface area (Å²) in [5.41, 5.74) is 0. The van der Waals surface area contributed by atoms with E-state index in [4.69, 9.17) is 5.11 Å². The number of aliphatic carboxylic acids is 1. The van der Waals surface area contributed by atoms with E-state index in [1.54, 1.807) is 4.90 Å². The highest BCUT2D eigenvalue weighted by Crippen LogP contribution is 2.25. The summed E-state index contributed by atoms with van der Waals surface area (Å²) in [4.78, 5) is 26.7. The Morgan fingerprint density at radius 1 is 1.11 bits per heavy atom. The lowest BCUT2D eigenvalue weighted by atomic mass is 9.95. The molecular formula is C13H22N2O3. The average Bonchev–Trinajstić information content (AvgIpc) is 2.87. The van der Waals surface area contributed by atoms with E-state index in [0.29, 0.717) is 19.0 Å². The topological polar surface area (TPSA) is 60.9 Å². The lowest BCUT2D eigenvalue weighted by molar-refractivity contribution is -0.141. The minimum atomic E-state index is -0.877. The number of rotatable bonds is 2. The van der Waals surface area contributed by atoms with Crippen LogP contribution >= 0.6 is 0 Å². The zero-order valence-electron chi connectivity index (χ0n) is 11.0. The molecule has 0 aromatic heterocycles. The molecule has 0 radical (unpaired) electrons. The van der Waals surface area contributed by atoms with Crippen LogP contribution in [0.3, 0.4) is 0 Å². The predicted octanol–water partition coefficient (Wildman–Crippen LogP) is 1.92. The summed E-state index contributed by atoms with van der Waals surface area (Å²) in [5, 5.41) is 9.11. The molecule has 5 heteroatoms. The van der Waals surface area contributed by atoms with E-state index in [2.05, 4.69) is 0 Å². The van der Waals surface area contributed by atoms with Gasteiger partial charge in [0, 0.05) is 19.6 Å². The molecule has 0 unspecified atom stereocenters. The number of hydrogen-bond acceptors (Lipinski definition) is 2. The maximum Gasteiger partial charge on any atom is 0.326 e. The molecule has 0 aromatic rings. The van der Waals surface area contributed by atoms with Gasteiger partial charge in [0.05, 0.1) is 0 Å². The van der Waals surface area contributed by atoms with Crippen molar-refractivity contribution >= 4 is 12.0 Å². The number of carbonyl (C=O) groups excluding carboxylic acids is 1. The predicted molar refractivity (Wildman–Crippen MR) is 67.4 cm³/mol. The lowest BCUT2D eigenvalue weighted by Gasteiger charge is -2.35. The molecule has 1 N–H and O–H groups in total. The van der Waals surface area contributed by atoms with E-state index in [1.807, 2.05) is 7.05 Å². The maximum atomic E-state index is 12.3. The second kappa shape index (κ2) is 5.59. The second-order valence-electron chi connectivity index (χ2n) is 5.37. The van der Waals surface area contributed by atoms with E-state index < -0.39 is 12.0 Å². The van der Waals surface area contributed by atoms with Gasteiger partial charge in [-0.3, -0.25) is 0 Å². The minimum absolute atomic E-state index is 0.105. The third-order valence-corrected chi connectivity index (χ3v) is 4.21. The third-order valence-electron chi connectivity index (χ3n) is 4.21. The molecule has 0 aromatic carbocycles. The Hall–Kier alpha value is -1.26. The largest absolute Gasteiger partial charge is 0.480 e. The standard InChI is InChI=1S/C13H22N2O3/c1-14(10-6-3-2-4-7-10)13(18)15-9-5-8-11(15)12(16)17/h10-11H,2-9H2,1H3,(H,16,17)/t11-/m0/s1. The number of carboxylic acid groups (broad SMARTS) is 1. The SMILES string of the molecule is CN(C(=O)N1CCC[C@H]1C(=O)O)C1CCCCC1. The Morgan fingerprint density at radius 2 is 1.78 bits per heavy atom. The first kappa shape index (κ1) is 13.2. The number of likely N-dealkylation sites (tertiary alicyclic amines) is 1. The Morgan fingerprint density at radius 3 is 2.39 bits per heavy atom. The summed E-state index contributed by atoms with van der Waals surface area (Å²) in [7, 11) is 1.82. The molecule has 2 rings (SSSR count). The van der Waals surface area contributed by atoms with Gasteiger partial charge in [0.15, 0.2) is 0 Å². The highest BCUT2D eigenvalue weighted by Gasteiger charge is 2.36. The number of hydrogen-bond donors (Lipinski definition) is 1. The highest BCUT2D eigenvalue weighted by molar-refractivity contribution is 5.83. The van der Waals surface area contributed by atoms with E-state index in [0.717, 1.165) is 19.3 Å². The van der Waals surface area contributed by atoms with Crippen LogP contribution in [0.25, 0.3) is 0 Å². The monoisotopic (exact) mass is 254 g/mol. The molecule has 1 heterocycles. The average molecular weight is 254 g/mol. The number of carbonyl (C=O) groups is 2. The molecule has 5 nitrogen and oxygen atoms in total. The zero-order chi connectivity index (χ0) is 13.1. The van der Waals surface area contributed by atoms with Crippen LogP contribution in [0.2, 0.25) is 0 Å². The number of nitrogens with zero attached hydrogens (tertiary/aromatic N) is 2. The molecule has 18 heavy (non-hydrogen) atoms. The summed E-state index contributed by atoms with van der Waals surface area (Å²) in [5.74, 6) is -0.877. The molecular weight excluding hydrogens is 232 g/mol. The molecule has 0 spiro atoms. The van der Waals surface area contributed by atoms with Gasteiger partial charge in [-0.1, -0.05) is 19.3 Å².